The minimum Gasteiger partial charge on any atom is -0.388 e. The molecule has 0 radical (unpaired) electrons. The maximum Gasteiger partial charge on any atom is 0.451 e. The molecule has 1 aromatic rings. The maximum absolute atomic E-state index is 12.6. The van der Waals surface area contributed by atoms with Gasteiger partial charge in [-0.05, 0) is 12.8 Å². The van der Waals surface area contributed by atoms with E-state index in [4.69, 9.17) is 5.73 Å². The van der Waals surface area contributed by atoms with Gasteiger partial charge in [0.15, 0.2) is 0 Å². The zero-order valence-corrected chi connectivity index (χ0v) is 10.9. The highest BCUT2D eigenvalue weighted by Crippen LogP contribution is 2.30. The number of nitrogens with two attached hydrogens (primary N) is 1. The molecule has 0 bridgehead atoms. The van der Waals surface area contributed by atoms with E-state index < -0.39 is 17.6 Å². The number of halogens is 3. The number of hydrogen-bond acceptors (Lipinski definition) is 5. The van der Waals surface area contributed by atoms with E-state index in [0.29, 0.717) is 12.8 Å². The Balaban J connectivity index is 2.07. The monoisotopic (exact) mass is 290 g/mol. The van der Waals surface area contributed by atoms with Gasteiger partial charge in [0.25, 0.3) is 0 Å². The van der Waals surface area contributed by atoms with Gasteiger partial charge in [-0.15, -0.1) is 0 Å². The van der Waals surface area contributed by atoms with Crippen LogP contribution in [0.25, 0.3) is 0 Å². The van der Waals surface area contributed by atoms with Crippen LogP contribution < -0.4 is 11.1 Å². The molecule has 0 aromatic carbocycles. The van der Waals surface area contributed by atoms with Crippen molar-refractivity contribution in [2.45, 2.75) is 43.9 Å². The molecule has 5 nitrogen and oxygen atoms in total. The summed E-state index contributed by atoms with van der Waals surface area (Å²) in [5.74, 6) is -1.56. The van der Waals surface area contributed by atoms with Crippen LogP contribution in [-0.4, -0.2) is 27.2 Å². The van der Waals surface area contributed by atoms with Crippen LogP contribution in [0.3, 0.4) is 0 Å². The van der Waals surface area contributed by atoms with E-state index in [2.05, 4.69) is 15.3 Å². The van der Waals surface area contributed by atoms with Crippen LogP contribution in [0.5, 0.6) is 0 Å². The molecule has 0 saturated heterocycles. The topological polar surface area (TPSA) is 84.1 Å². The molecule has 1 saturated carbocycles. The van der Waals surface area contributed by atoms with Crippen molar-refractivity contribution in [2.75, 3.05) is 17.6 Å². The highest BCUT2D eigenvalue weighted by Gasteiger charge is 2.35. The Hall–Kier alpha value is -1.57. The van der Waals surface area contributed by atoms with Gasteiger partial charge < -0.3 is 16.2 Å². The van der Waals surface area contributed by atoms with Crippen LogP contribution in [0.4, 0.5) is 24.8 Å². The molecular formula is C12H17F3N4O. The minimum absolute atomic E-state index is 0.0242. The number of hydrogen-bond donors (Lipinski definition) is 3. The van der Waals surface area contributed by atoms with Gasteiger partial charge in [0, 0.05) is 12.6 Å². The summed E-state index contributed by atoms with van der Waals surface area (Å²) in [5.41, 5.74) is 4.45. The highest BCUT2D eigenvalue weighted by molar-refractivity contribution is 5.45. The zero-order chi connectivity index (χ0) is 14.8. The van der Waals surface area contributed by atoms with Gasteiger partial charge in [-0.3, -0.25) is 0 Å². The van der Waals surface area contributed by atoms with Crippen LogP contribution >= 0.6 is 0 Å². The van der Waals surface area contributed by atoms with Gasteiger partial charge in [0.2, 0.25) is 5.82 Å². The molecule has 0 atom stereocenters. The molecule has 20 heavy (non-hydrogen) atoms. The quantitative estimate of drug-likeness (QED) is 0.794. The number of nitrogens with zero attached hydrogens (tertiary/aromatic N) is 2. The Morgan fingerprint density at radius 1 is 1.25 bits per heavy atom. The van der Waals surface area contributed by atoms with Crippen LogP contribution in [-0.2, 0) is 6.18 Å². The number of nitrogen functional groups attached to an aromatic ring is 1. The van der Waals surface area contributed by atoms with Gasteiger partial charge >= 0.3 is 6.18 Å². The maximum atomic E-state index is 12.6. The highest BCUT2D eigenvalue weighted by atomic mass is 19.4. The van der Waals surface area contributed by atoms with Crippen molar-refractivity contribution in [3.8, 4) is 0 Å². The first-order valence-electron chi connectivity index (χ1n) is 6.47. The standard InChI is InChI=1S/C12H17F3N4O/c13-12(14,15)10-18-8(16)6-9(19-10)17-7-11(20)4-2-1-3-5-11/h6,20H,1-5,7H2,(H3,16,17,18,19). The molecule has 1 aromatic heterocycles. The first-order valence-corrected chi connectivity index (χ1v) is 6.47. The number of nitrogens with one attached hydrogen (secondary N) is 1. The molecule has 0 unspecified atom stereocenters. The first-order chi connectivity index (χ1) is 9.28. The summed E-state index contributed by atoms with van der Waals surface area (Å²) >= 11 is 0. The first kappa shape index (κ1) is 14.8. The number of aromatic nitrogens is 2. The summed E-state index contributed by atoms with van der Waals surface area (Å²) in [4.78, 5) is 6.54. The van der Waals surface area contributed by atoms with Crippen molar-refractivity contribution in [1.29, 1.82) is 0 Å². The summed E-state index contributed by atoms with van der Waals surface area (Å²) < 4.78 is 37.7. The summed E-state index contributed by atoms with van der Waals surface area (Å²) in [6, 6.07) is 1.22. The SMILES string of the molecule is Nc1cc(NCC2(O)CCCCC2)nc(C(F)(F)F)n1. The fraction of sp³-hybridized carbons (Fsp3) is 0.667. The van der Waals surface area contributed by atoms with E-state index in [0.717, 1.165) is 19.3 Å². The van der Waals surface area contributed by atoms with Crippen molar-refractivity contribution in [1.82, 2.24) is 9.97 Å². The summed E-state index contributed by atoms with van der Waals surface area (Å²) in [6.45, 7) is 0.154. The molecule has 112 valence electrons. The van der Waals surface area contributed by atoms with E-state index in [1.807, 2.05) is 0 Å². The molecule has 1 fully saturated rings. The van der Waals surface area contributed by atoms with Crippen molar-refractivity contribution in [3.63, 3.8) is 0 Å². The lowest BCUT2D eigenvalue weighted by Crippen LogP contribution is -2.39. The van der Waals surface area contributed by atoms with Crippen LogP contribution in [0, 0.1) is 0 Å². The van der Waals surface area contributed by atoms with Gasteiger partial charge in [-0.25, -0.2) is 9.97 Å². The molecule has 4 N–H and O–H groups in total. The Bertz CT molecular complexity index is 472. The Morgan fingerprint density at radius 3 is 2.50 bits per heavy atom. The van der Waals surface area contributed by atoms with E-state index in [1.165, 1.54) is 6.07 Å². The fourth-order valence-electron chi connectivity index (χ4n) is 2.33. The molecule has 0 amide bonds. The van der Waals surface area contributed by atoms with Gasteiger partial charge in [-0.1, -0.05) is 19.3 Å². The smallest absolute Gasteiger partial charge is 0.388 e. The predicted molar refractivity (Wildman–Crippen MR) is 68.0 cm³/mol. The van der Waals surface area contributed by atoms with Crippen LogP contribution in [0.1, 0.15) is 37.9 Å². The average molecular weight is 290 g/mol. The van der Waals surface area contributed by atoms with E-state index in [9.17, 15) is 18.3 Å². The lowest BCUT2D eigenvalue weighted by atomic mass is 9.85. The Labute approximate surface area is 114 Å². The summed E-state index contributed by atoms with van der Waals surface area (Å²) in [7, 11) is 0. The van der Waals surface area contributed by atoms with E-state index in [1.54, 1.807) is 0 Å². The third kappa shape index (κ3) is 3.72. The summed E-state index contributed by atoms with van der Waals surface area (Å²) in [5, 5.41) is 13.0. The average Bonchev–Trinajstić information content (AvgIpc) is 2.36. The zero-order valence-electron chi connectivity index (χ0n) is 10.9. The van der Waals surface area contributed by atoms with Crippen molar-refractivity contribution in [2.24, 2.45) is 0 Å². The number of alkyl halides is 3. The number of rotatable bonds is 3. The Kier molecular flexibility index (Phi) is 4.03. The lowest BCUT2D eigenvalue weighted by molar-refractivity contribution is -0.144. The molecule has 8 heteroatoms. The second-order valence-corrected chi connectivity index (χ2v) is 5.14. The van der Waals surface area contributed by atoms with Gasteiger partial charge in [0.1, 0.15) is 11.6 Å². The normalized spacial score (nSPS) is 18.8. The second-order valence-electron chi connectivity index (χ2n) is 5.14. The van der Waals surface area contributed by atoms with Gasteiger partial charge in [0.05, 0.1) is 5.60 Å². The third-order valence-corrected chi connectivity index (χ3v) is 3.38. The third-order valence-electron chi connectivity index (χ3n) is 3.38. The van der Waals surface area contributed by atoms with Crippen LogP contribution in [0.15, 0.2) is 6.07 Å². The summed E-state index contributed by atoms with van der Waals surface area (Å²) in [6.07, 6.45) is -0.482. The van der Waals surface area contributed by atoms with Gasteiger partial charge in [-0.2, -0.15) is 13.2 Å². The Morgan fingerprint density at radius 2 is 1.90 bits per heavy atom. The molecule has 1 aliphatic rings. The predicted octanol–water partition coefficient (Wildman–Crippen LogP) is 2.18. The molecule has 2 rings (SSSR count). The van der Waals surface area contributed by atoms with E-state index >= 15 is 0 Å². The molecule has 0 spiro atoms. The van der Waals surface area contributed by atoms with Crippen molar-refractivity contribution < 1.29 is 18.3 Å². The number of aliphatic hydroxyl groups is 1. The molecule has 1 heterocycles. The van der Waals surface area contributed by atoms with Crippen LogP contribution in [0.2, 0.25) is 0 Å². The lowest BCUT2D eigenvalue weighted by Gasteiger charge is -2.32. The largest absolute Gasteiger partial charge is 0.451 e. The van der Waals surface area contributed by atoms with Crippen molar-refractivity contribution in [3.05, 3.63) is 11.9 Å². The minimum atomic E-state index is -4.65. The van der Waals surface area contributed by atoms with E-state index in [-0.39, 0.29) is 18.2 Å². The molecular weight excluding hydrogens is 273 g/mol. The molecule has 1 aliphatic carbocycles. The number of anilines is 2. The molecule has 0 aliphatic heterocycles. The van der Waals surface area contributed by atoms with Crippen molar-refractivity contribution >= 4 is 11.6 Å². The fourth-order valence-corrected chi connectivity index (χ4v) is 2.33. The second kappa shape index (κ2) is 5.43.